The highest BCUT2D eigenvalue weighted by Gasteiger charge is 2.24. The van der Waals surface area contributed by atoms with Crippen LogP contribution in [-0.4, -0.2) is 30.1 Å². The minimum atomic E-state index is -0.00475. The van der Waals surface area contributed by atoms with Crippen molar-refractivity contribution in [2.45, 2.75) is 25.9 Å². The van der Waals surface area contributed by atoms with Crippen LogP contribution < -0.4 is 11.5 Å². The third kappa shape index (κ3) is 3.59. The molecule has 3 heteroatoms. The molecule has 0 bridgehead atoms. The molecule has 4 N–H and O–H groups in total. The molecule has 0 heterocycles. The quantitative estimate of drug-likeness (QED) is 0.758. The lowest BCUT2D eigenvalue weighted by molar-refractivity contribution is 0.122. The fraction of sp³-hybridized carbons (Fsp3) is 0.538. The van der Waals surface area contributed by atoms with Gasteiger partial charge in [-0.25, -0.2) is 0 Å². The topological polar surface area (TPSA) is 55.3 Å². The summed E-state index contributed by atoms with van der Waals surface area (Å²) in [6.45, 7) is 7.40. The molecule has 0 atom stereocenters. The summed E-state index contributed by atoms with van der Waals surface area (Å²) in [5, 5.41) is 0. The molecule has 3 nitrogen and oxygen atoms in total. The molecule has 0 radical (unpaired) electrons. The summed E-state index contributed by atoms with van der Waals surface area (Å²) in [5.41, 5.74) is 12.8. The van der Waals surface area contributed by atoms with Crippen LogP contribution in [0.1, 0.15) is 19.4 Å². The molecule has 1 aromatic rings. The van der Waals surface area contributed by atoms with Gasteiger partial charge in [-0.05, 0) is 19.4 Å². The van der Waals surface area contributed by atoms with Crippen molar-refractivity contribution in [3.8, 4) is 0 Å². The third-order valence-electron chi connectivity index (χ3n) is 2.97. The van der Waals surface area contributed by atoms with E-state index >= 15 is 0 Å². The van der Waals surface area contributed by atoms with Crippen LogP contribution in [0, 0.1) is 0 Å². The second-order valence-corrected chi connectivity index (χ2v) is 4.71. The summed E-state index contributed by atoms with van der Waals surface area (Å²) in [4.78, 5) is 2.34. The van der Waals surface area contributed by atoms with Crippen LogP contribution in [0.2, 0.25) is 0 Å². The van der Waals surface area contributed by atoms with E-state index in [1.165, 1.54) is 5.56 Å². The van der Waals surface area contributed by atoms with Crippen LogP contribution in [0.5, 0.6) is 0 Å². The van der Waals surface area contributed by atoms with Crippen molar-refractivity contribution in [2.75, 3.05) is 19.6 Å². The summed E-state index contributed by atoms with van der Waals surface area (Å²) in [6, 6.07) is 10.4. The molecule has 0 aliphatic carbocycles. The predicted octanol–water partition coefficient (Wildman–Crippen LogP) is 1.18. The van der Waals surface area contributed by atoms with Crippen LogP contribution in [0.25, 0.3) is 0 Å². The zero-order valence-electron chi connectivity index (χ0n) is 10.3. The zero-order valence-corrected chi connectivity index (χ0v) is 10.3. The average Bonchev–Trinajstić information content (AvgIpc) is 2.30. The second-order valence-electron chi connectivity index (χ2n) is 4.71. The van der Waals surface area contributed by atoms with Crippen molar-refractivity contribution < 1.29 is 0 Å². The van der Waals surface area contributed by atoms with Crippen LogP contribution in [-0.2, 0) is 6.54 Å². The van der Waals surface area contributed by atoms with Crippen molar-refractivity contribution in [3.05, 3.63) is 35.9 Å². The van der Waals surface area contributed by atoms with E-state index in [9.17, 15) is 0 Å². The number of nitrogens with two attached hydrogens (primary N) is 2. The van der Waals surface area contributed by atoms with Gasteiger partial charge in [-0.3, -0.25) is 4.90 Å². The zero-order chi connectivity index (χ0) is 12.0. The van der Waals surface area contributed by atoms with Crippen molar-refractivity contribution >= 4 is 0 Å². The molecule has 0 aliphatic heterocycles. The van der Waals surface area contributed by atoms with Gasteiger partial charge in [0, 0.05) is 31.7 Å². The Morgan fingerprint density at radius 3 is 2.25 bits per heavy atom. The molecule has 0 saturated heterocycles. The largest absolute Gasteiger partial charge is 0.329 e. The molecule has 0 aliphatic rings. The fourth-order valence-corrected chi connectivity index (χ4v) is 1.68. The van der Waals surface area contributed by atoms with Gasteiger partial charge in [0.1, 0.15) is 0 Å². The Kier molecular flexibility index (Phi) is 4.93. The highest BCUT2D eigenvalue weighted by atomic mass is 15.2. The van der Waals surface area contributed by atoms with Crippen molar-refractivity contribution in [1.29, 1.82) is 0 Å². The van der Waals surface area contributed by atoms with E-state index in [0.717, 1.165) is 13.1 Å². The van der Waals surface area contributed by atoms with Crippen LogP contribution in [0.4, 0.5) is 0 Å². The molecule has 0 unspecified atom stereocenters. The van der Waals surface area contributed by atoms with Gasteiger partial charge >= 0.3 is 0 Å². The maximum Gasteiger partial charge on any atom is 0.0279 e. The number of nitrogens with zero attached hydrogens (tertiary/aromatic N) is 1. The molecular formula is C13H23N3. The molecule has 90 valence electrons. The minimum absolute atomic E-state index is 0.00475. The van der Waals surface area contributed by atoms with E-state index in [1.54, 1.807) is 0 Å². The van der Waals surface area contributed by atoms with Crippen molar-refractivity contribution in [3.63, 3.8) is 0 Å². The Balaban J connectivity index is 2.72. The van der Waals surface area contributed by atoms with E-state index in [-0.39, 0.29) is 5.54 Å². The predicted molar refractivity (Wildman–Crippen MR) is 69.0 cm³/mol. The van der Waals surface area contributed by atoms with Gasteiger partial charge in [0.2, 0.25) is 0 Å². The number of hydrogen-bond donors (Lipinski definition) is 2. The van der Waals surface area contributed by atoms with E-state index < -0.39 is 0 Å². The molecule has 1 aromatic carbocycles. The Morgan fingerprint density at radius 1 is 1.12 bits per heavy atom. The number of hydrogen-bond acceptors (Lipinski definition) is 3. The standard InChI is InChI=1S/C13H23N3/c1-13(2,11-15)16(9-8-14)10-12-6-4-3-5-7-12/h3-7H,8-11,14-15H2,1-2H3. The Morgan fingerprint density at radius 2 is 1.75 bits per heavy atom. The maximum atomic E-state index is 5.81. The van der Waals surface area contributed by atoms with E-state index in [0.29, 0.717) is 13.1 Å². The summed E-state index contributed by atoms with van der Waals surface area (Å²) < 4.78 is 0. The second kappa shape index (κ2) is 5.99. The van der Waals surface area contributed by atoms with E-state index in [4.69, 9.17) is 11.5 Å². The Hall–Kier alpha value is -0.900. The number of rotatable bonds is 6. The summed E-state index contributed by atoms with van der Waals surface area (Å²) in [6.07, 6.45) is 0. The normalized spacial score (nSPS) is 12.1. The monoisotopic (exact) mass is 221 g/mol. The van der Waals surface area contributed by atoms with Crippen LogP contribution >= 0.6 is 0 Å². The highest BCUT2D eigenvalue weighted by Crippen LogP contribution is 2.16. The van der Waals surface area contributed by atoms with Crippen molar-refractivity contribution in [1.82, 2.24) is 4.90 Å². The molecule has 0 fully saturated rings. The van der Waals surface area contributed by atoms with Gasteiger partial charge in [-0.1, -0.05) is 30.3 Å². The van der Waals surface area contributed by atoms with Gasteiger partial charge in [-0.15, -0.1) is 0 Å². The number of benzene rings is 1. The first-order valence-electron chi connectivity index (χ1n) is 5.79. The van der Waals surface area contributed by atoms with Gasteiger partial charge < -0.3 is 11.5 Å². The molecule has 1 rings (SSSR count). The first-order valence-corrected chi connectivity index (χ1v) is 5.79. The molecule has 0 saturated carbocycles. The summed E-state index contributed by atoms with van der Waals surface area (Å²) in [7, 11) is 0. The lowest BCUT2D eigenvalue weighted by Gasteiger charge is -2.37. The van der Waals surface area contributed by atoms with Crippen LogP contribution in [0.3, 0.4) is 0 Å². The Labute approximate surface area is 98.4 Å². The van der Waals surface area contributed by atoms with Crippen LogP contribution in [0.15, 0.2) is 30.3 Å². The first-order chi connectivity index (χ1) is 7.60. The lowest BCUT2D eigenvalue weighted by atomic mass is 10.0. The Bertz CT molecular complexity index is 295. The van der Waals surface area contributed by atoms with E-state index in [2.05, 4.69) is 43.0 Å². The van der Waals surface area contributed by atoms with Crippen molar-refractivity contribution in [2.24, 2.45) is 11.5 Å². The summed E-state index contributed by atoms with van der Waals surface area (Å²) >= 11 is 0. The van der Waals surface area contributed by atoms with Gasteiger partial charge in [-0.2, -0.15) is 0 Å². The highest BCUT2D eigenvalue weighted by molar-refractivity contribution is 5.14. The smallest absolute Gasteiger partial charge is 0.0279 e. The maximum absolute atomic E-state index is 5.81. The third-order valence-corrected chi connectivity index (χ3v) is 2.97. The van der Waals surface area contributed by atoms with Gasteiger partial charge in [0.15, 0.2) is 0 Å². The average molecular weight is 221 g/mol. The van der Waals surface area contributed by atoms with Gasteiger partial charge in [0.05, 0.1) is 0 Å². The van der Waals surface area contributed by atoms with Gasteiger partial charge in [0.25, 0.3) is 0 Å². The molecular weight excluding hydrogens is 198 g/mol. The lowest BCUT2D eigenvalue weighted by Crippen LogP contribution is -2.50. The molecule has 0 aromatic heterocycles. The summed E-state index contributed by atoms with van der Waals surface area (Å²) in [5.74, 6) is 0. The fourth-order valence-electron chi connectivity index (χ4n) is 1.68. The molecule has 0 amide bonds. The first kappa shape index (κ1) is 13.2. The van der Waals surface area contributed by atoms with E-state index in [1.807, 2.05) is 6.07 Å². The SMILES string of the molecule is CC(C)(CN)N(CCN)Cc1ccccc1. The molecule has 0 spiro atoms. The molecule has 16 heavy (non-hydrogen) atoms. The minimum Gasteiger partial charge on any atom is -0.329 e.